The van der Waals surface area contributed by atoms with Crippen molar-refractivity contribution < 1.29 is 14.4 Å². The molecule has 0 bridgehead atoms. The van der Waals surface area contributed by atoms with Crippen LogP contribution in [0.5, 0.6) is 0 Å². The lowest BCUT2D eigenvalue weighted by Crippen LogP contribution is -1.92. The summed E-state index contributed by atoms with van der Waals surface area (Å²) in [6.07, 6.45) is 2.73. The van der Waals surface area contributed by atoms with Gasteiger partial charge in [-0.25, -0.2) is 4.79 Å². The molecular weight excluding hydrogens is 178 g/mol. The van der Waals surface area contributed by atoms with Gasteiger partial charge in [-0.05, 0) is 12.0 Å². The highest BCUT2D eigenvalue weighted by Gasteiger charge is 2.09. The van der Waals surface area contributed by atoms with Crippen molar-refractivity contribution in [1.29, 1.82) is 0 Å². The zero-order valence-corrected chi connectivity index (χ0v) is 7.43. The van der Waals surface area contributed by atoms with Gasteiger partial charge in [-0.2, -0.15) is 11.8 Å². The molecule has 0 aliphatic carbocycles. The summed E-state index contributed by atoms with van der Waals surface area (Å²) in [4.78, 5) is 10.3. The van der Waals surface area contributed by atoms with E-state index >= 15 is 0 Å². The standard InChI is InChI=1S/C7H9NO3S/c1-12-3-2-5-4-6(7(9)10)11-8-5/h4H,2-3H2,1H3,(H,9,10). The highest BCUT2D eigenvalue weighted by Crippen LogP contribution is 2.06. The zero-order valence-electron chi connectivity index (χ0n) is 6.61. The van der Waals surface area contributed by atoms with Gasteiger partial charge in [0.1, 0.15) is 0 Å². The van der Waals surface area contributed by atoms with Crippen molar-refractivity contribution in [2.24, 2.45) is 0 Å². The SMILES string of the molecule is CSCCc1cc(C(=O)O)on1. The van der Waals surface area contributed by atoms with Gasteiger partial charge in [0.05, 0.1) is 5.69 Å². The van der Waals surface area contributed by atoms with Gasteiger partial charge in [-0.1, -0.05) is 5.16 Å². The lowest BCUT2D eigenvalue weighted by Gasteiger charge is -1.88. The topological polar surface area (TPSA) is 63.3 Å². The predicted octanol–water partition coefficient (Wildman–Crippen LogP) is 1.28. The molecule has 0 radical (unpaired) electrons. The van der Waals surface area contributed by atoms with Gasteiger partial charge in [0.15, 0.2) is 0 Å². The van der Waals surface area contributed by atoms with Gasteiger partial charge < -0.3 is 9.63 Å². The van der Waals surface area contributed by atoms with Crippen LogP contribution < -0.4 is 0 Å². The van der Waals surface area contributed by atoms with E-state index in [0.29, 0.717) is 5.69 Å². The predicted molar refractivity (Wildman–Crippen MR) is 45.5 cm³/mol. The Morgan fingerprint density at radius 1 is 1.83 bits per heavy atom. The minimum Gasteiger partial charge on any atom is -0.475 e. The first-order valence-corrected chi connectivity index (χ1v) is 4.81. The summed E-state index contributed by atoms with van der Waals surface area (Å²) in [5.74, 6) is -0.241. The van der Waals surface area contributed by atoms with Crippen molar-refractivity contribution >= 4 is 17.7 Å². The molecule has 0 saturated heterocycles. The Kier molecular flexibility index (Phi) is 3.16. The third kappa shape index (κ3) is 2.27. The van der Waals surface area contributed by atoms with Crippen LogP contribution in [0.3, 0.4) is 0 Å². The van der Waals surface area contributed by atoms with Crippen molar-refractivity contribution in [3.05, 3.63) is 17.5 Å². The maximum absolute atomic E-state index is 10.3. The van der Waals surface area contributed by atoms with E-state index < -0.39 is 5.97 Å². The average molecular weight is 187 g/mol. The summed E-state index contributed by atoms with van der Waals surface area (Å²) >= 11 is 1.69. The van der Waals surface area contributed by atoms with Gasteiger partial charge in [0.2, 0.25) is 5.76 Å². The van der Waals surface area contributed by atoms with E-state index in [0.717, 1.165) is 12.2 Å². The Bertz CT molecular complexity index is 271. The maximum Gasteiger partial charge on any atom is 0.374 e. The van der Waals surface area contributed by atoms with Crippen molar-refractivity contribution in [1.82, 2.24) is 5.16 Å². The molecule has 1 N–H and O–H groups in total. The first-order chi connectivity index (χ1) is 5.74. The molecule has 0 unspecified atom stereocenters. The van der Waals surface area contributed by atoms with Crippen LogP contribution >= 0.6 is 11.8 Å². The minimum absolute atomic E-state index is 0.0916. The molecular formula is C7H9NO3S. The van der Waals surface area contributed by atoms with Crippen LogP contribution in [0.25, 0.3) is 0 Å². The molecule has 4 nitrogen and oxygen atoms in total. The monoisotopic (exact) mass is 187 g/mol. The second-order valence-electron chi connectivity index (χ2n) is 2.23. The normalized spacial score (nSPS) is 10.1. The van der Waals surface area contributed by atoms with Crippen molar-refractivity contribution in [2.45, 2.75) is 6.42 Å². The third-order valence-corrected chi connectivity index (χ3v) is 1.94. The summed E-state index contributed by atoms with van der Waals surface area (Å²) < 4.78 is 4.56. The Hall–Kier alpha value is -0.970. The number of nitrogens with zero attached hydrogens (tertiary/aromatic N) is 1. The molecule has 1 heterocycles. The molecule has 66 valence electrons. The van der Waals surface area contributed by atoms with E-state index in [4.69, 9.17) is 5.11 Å². The van der Waals surface area contributed by atoms with Crippen LogP contribution in [0.4, 0.5) is 0 Å². The minimum atomic E-state index is -1.07. The van der Waals surface area contributed by atoms with Gasteiger partial charge >= 0.3 is 5.97 Å². The van der Waals surface area contributed by atoms with E-state index in [2.05, 4.69) is 9.68 Å². The van der Waals surface area contributed by atoms with Crippen LogP contribution in [0.1, 0.15) is 16.2 Å². The number of aromatic carboxylic acids is 1. The third-order valence-electron chi connectivity index (χ3n) is 1.33. The fourth-order valence-electron chi connectivity index (χ4n) is 0.737. The van der Waals surface area contributed by atoms with Crippen LogP contribution in [-0.4, -0.2) is 28.2 Å². The Morgan fingerprint density at radius 2 is 2.58 bits per heavy atom. The summed E-state index contributed by atoms with van der Waals surface area (Å²) in [6.45, 7) is 0. The highest BCUT2D eigenvalue weighted by molar-refractivity contribution is 7.98. The molecule has 5 heteroatoms. The molecule has 0 atom stereocenters. The molecule has 0 fully saturated rings. The second kappa shape index (κ2) is 4.15. The lowest BCUT2D eigenvalue weighted by atomic mass is 10.3. The van der Waals surface area contributed by atoms with Crippen LogP contribution in [0, 0.1) is 0 Å². The highest BCUT2D eigenvalue weighted by atomic mass is 32.2. The first kappa shape index (κ1) is 9.12. The largest absolute Gasteiger partial charge is 0.475 e. The van der Waals surface area contributed by atoms with Crippen LogP contribution in [0.2, 0.25) is 0 Å². The maximum atomic E-state index is 10.3. The number of carboxylic acid groups (broad SMARTS) is 1. The van der Waals surface area contributed by atoms with Gasteiger partial charge in [0, 0.05) is 12.5 Å². The first-order valence-electron chi connectivity index (χ1n) is 3.42. The smallest absolute Gasteiger partial charge is 0.374 e. The van der Waals surface area contributed by atoms with Crippen LogP contribution in [0.15, 0.2) is 10.6 Å². The van der Waals surface area contributed by atoms with E-state index in [1.54, 1.807) is 11.8 Å². The quantitative estimate of drug-likeness (QED) is 0.769. The van der Waals surface area contributed by atoms with E-state index in [-0.39, 0.29) is 5.76 Å². The summed E-state index contributed by atoms with van der Waals surface area (Å²) in [6, 6.07) is 1.46. The van der Waals surface area contributed by atoms with Gasteiger partial charge in [-0.3, -0.25) is 0 Å². The molecule has 12 heavy (non-hydrogen) atoms. The Labute approximate surface area is 73.9 Å². The molecule has 0 aliphatic rings. The zero-order chi connectivity index (χ0) is 8.97. The fourth-order valence-corrected chi connectivity index (χ4v) is 1.15. The molecule has 0 saturated carbocycles. The van der Waals surface area contributed by atoms with Crippen molar-refractivity contribution in [3.63, 3.8) is 0 Å². The molecule has 1 rings (SSSR count). The number of thioether (sulfide) groups is 1. The Balaban J connectivity index is 2.58. The van der Waals surface area contributed by atoms with Crippen LogP contribution in [-0.2, 0) is 6.42 Å². The number of aryl methyl sites for hydroxylation is 1. The van der Waals surface area contributed by atoms with E-state index in [1.165, 1.54) is 6.07 Å². The number of carbonyl (C=O) groups is 1. The van der Waals surface area contributed by atoms with E-state index in [1.807, 2.05) is 6.26 Å². The Morgan fingerprint density at radius 3 is 3.08 bits per heavy atom. The summed E-state index contributed by atoms with van der Waals surface area (Å²) in [7, 11) is 0. The number of rotatable bonds is 4. The van der Waals surface area contributed by atoms with Gasteiger partial charge in [-0.15, -0.1) is 0 Å². The van der Waals surface area contributed by atoms with E-state index in [9.17, 15) is 4.79 Å². The molecule has 1 aromatic heterocycles. The lowest BCUT2D eigenvalue weighted by molar-refractivity contribution is 0.0652. The summed E-state index contributed by atoms with van der Waals surface area (Å²) in [5, 5.41) is 12.1. The fraction of sp³-hybridized carbons (Fsp3) is 0.429. The van der Waals surface area contributed by atoms with Gasteiger partial charge in [0.25, 0.3) is 0 Å². The molecule has 1 aromatic rings. The number of hydrogen-bond acceptors (Lipinski definition) is 4. The average Bonchev–Trinajstić information content (AvgIpc) is 2.48. The number of carboxylic acids is 1. The number of aromatic nitrogens is 1. The molecule has 0 amide bonds. The number of hydrogen-bond donors (Lipinski definition) is 1. The molecule has 0 aromatic carbocycles. The molecule has 0 aliphatic heterocycles. The van der Waals surface area contributed by atoms with Crippen molar-refractivity contribution in [3.8, 4) is 0 Å². The summed E-state index contributed by atoms with van der Waals surface area (Å²) in [5.41, 5.74) is 0.696. The molecule has 0 spiro atoms. The second-order valence-corrected chi connectivity index (χ2v) is 3.22. The van der Waals surface area contributed by atoms with Crippen molar-refractivity contribution in [2.75, 3.05) is 12.0 Å².